The Morgan fingerprint density at radius 1 is 1.30 bits per heavy atom. The number of fused-ring (bicyclic) bond motifs is 1. The topological polar surface area (TPSA) is 58.6 Å². The number of ether oxygens (including phenoxy) is 1. The maximum Gasteiger partial charge on any atom is 0.246 e. The average Bonchev–Trinajstić information content (AvgIpc) is 2.99. The molecule has 0 spiro atoms. The number of rotatable bonds is 3. The van der Waals surface area contributed by atoms with Crippen molar-refractivity contribution in [2.24, 2.45) is 11.8 Å². The number of nitrogens with one attached hydrogen (secondary N) is 1. The molecular weight excluding hydrogens is 300 g/mol. The molecule has 2 aliphatic rings. The van der Waals surface area contributed by atoms with E-state index in [1.165, 1.54) is 19.2 Å². The molecule has 20 heavy (non-hydrogen) atoms. The van der Waals surface area contributed by atoms with Gasteiger partial charge in [-0.15, -0.1) is 0 Å². The highest BCUT2D eigenvalue weighted by molar-refractivity contribution is 7.89. The molecule has 1 N–H and O–H groups in total. The minimum absolute atomic E-state index is 0.192. The van der Waals surface area contributed by atoms with E-state index in [4.69, 9.17) is 16.3 Å². The largest absolute Gasteiger partial charge is 0.495 e. The van der Waals surface area contributed by atoms with Crippen molar-refractivity contribution in [3.05, 3.63) is 23.2 Å². The number of hydrogen-bond donors (Lipinski definition) is 1. The van der Waals surface area contributed by atoms with Gasteiger partial charge >= 0.3 is 0 Å². The number of methoxy groups -OCH3 is 1. The monoisotopic (exact) mass is 316 g/mol. The van der Waals surface area contributed by atoms with Gasteiger partial charge in [-0.3, -0.25) is 0 Å². The fourth-order valence-electron chi connectivity index (χ4n) is 3.00. The SMILES string of the molecule is COc1cc(Cl)ccc1S(=O)(=O)N1C[C@H]2CNC[C@H]2C1. The van der Waals surface area contributed by atoms with Gasteiger partial charge in [0.2, 0.25) is 10.0 Å². The Balaban J connectivity index is 1.93. The molecular formula is C13H17ClN2O3S. The van der Waals surface area contributed by atoms with E-state index in [1.807, 2.05) is 0 Å². The Labute approximate surface area is 123 Å². The van der Waals surface area contributed by atoms with E-state index in [1.54, 1.807) is 10.4 Å². The predicted molar refractivity (Wildman–Crippen MR) is 76.6 cm³/mol. The summed E-state index contributed by atoms with van der Waals surface area (Å²) in [6.45, 7) is 2.94. The Bertz CT molecular complexity index is 608. The molecule has 0 bridgehead atoms. The molecule has 110 valence electrons. The molecule has 0 saturated carbocycles. The van der Waals surface area contributed by atoms with Crippen molar-refractivity contribution < 1.29 is 13.2 Å². The summed E-state index contributed by atoms with van der Waals surface area (Å²) in [4.78, 5) is 0.192. The predicted octanol–water partition coefficient (Wildman–Crippen LogP) is 1.19. The lowest BCUT2D eigenvalue weighted by molar-refractivity contribution is 0.396. The first kappa shape index (κ1) is 14.1. The molecule has 1 aromatic rings. The fourth-order valence-corrected chi connectivity index (χ4v) is 4.85. The first-order valence-electron chi connectivity index (χ1n) is 6.57. The molecule has 2 heterocycles. The van der Waals surface area contributed by atoms with Crippen molar-refractivity contribution in [3.63, 3.8) is 0 Å². The van der Waals surface area contributed by atoms with Crippen LogP contribution in [-0.2, 0) is 10.0 Å². The third kappa shape index (κ3) is 2.30. The zero-order valence-corrected chi connectivity index (χ0v) is 12.7. The van der Waals surface area contributed by atoms with E-state index in [-0.39, 0.29) is 4.90 Å². The van der Waals surface area contributed by atoms with Gasteiger partial charge in [-0.25, -0.2) is 8.42 Å². The quantitative estimate of drug-likeness (QED) is 0.910. The molecule has 2 atom stereocenters. The van der Waals surface area contributed by atoms with Crippen LogP contribution >= 0.6 is 11.6 Å². The van der Waals surface area contributed by atoms with Crippen molar-refractivity contribution in [1.82, 2.24) is 9.62 Å². The highest BCUT2D eigenvalue weighted by Gasteiger charge is 2.42. The van der Waals surface area contributed by atoms with Crippen LogP contribution in [0.3, 0.4) is 0 Å². The van der Waals surface area contributed by atoms with Gasteiger partial charge < -0.3 is 10.1 Å². The molecule has 5 nitrogen and oxygen atoms in total. The van der Waals surface area contributed by atoms with Crippen molar-refractivity contribution in [3.8, 4) is 5.75 Å². The fraction of sp³-hybridized carbons (Fsp3) is 0.538. The summed E-state index contributed by atoms with van der Waals surface area (Å²) >= 11 is 5.89. The number of benzene rings is 1. The molecule has 1 aromatic carbocycles. The molecule has 0 radical (unpaired) electrons. The molecule has 0 aromatic heterocycles. The second-order valence-corrected chi connectivity index (χ2v) is 7.64. The van der Waals surface area contributed by atoms with Crippen molar-refractivity contribution in [2.75, 3.05) is 33.3 Å². The molecule has 0 amide bonds. The van der Waals surface area contributed by atoms with Crippen LogP contribution in [0.2, 0.25) is 5.02 Å². The first-order valence-corrected chi connectivity index (χ1v) is 8.38. The van der Waals surface area contributed by atoms with Crippen LogP contribution in [0.25, 0.3) is 0 Å². The zero-order chi connectivity index (χ0) is 14.3. The smallest absolute Gasteiger partial charge is 0.246 e. The summed E-state index contributed by atoms with van der Waals surface area (Å²) in [5.74, 6) is 1.14. The molecule has 0 unspecified atom stereocenters. The molecule has 2 fully saturated rings. The number of hydrogen-bond acceptors (Lipinski definition) is 4. The number of sulfonamides is 1. The Hall–Kier alpha value is -0.820. The van der Waals surface area contributed by atoms with Crippen LogP contribution in [-0.4, -0.2) is 46.0 Å². The van der Waals surface area contributed by atoms with Crippen LogP contribution in [0.15, 0.2) is 23.1 Å². The standard InChI is InChI=1S/C13H17ClN2O3S/c1-19-12-4-11(14)2-3-13(12)20(17,18)16-7-9-5-15-6-10(9)8-16/h2-4,9-10,15H,5-8H2,1H3/t9-,10+. The molecule has 2 aliphatic heterocycles. The minimum atomic E-state index is -3.52. The van der Waals surface area contributed by atoms with E-state index < -0.39 is 10.0 Å². The lowest BCUT2D eigenvalue weighted by atomic mass is 10.0. The van der Waals surface area contributed by atoms with Crippen molar-refractivity contribution >= 4 is 21.6 Å². The Morgan fingerprint density at radius 2 is 1.95 bits per heavy atom. The summed E-state index contributed by atoms with van der Waals surface area (Å²) in [6.07, 6.45) is 0. The van der Waals surface area contributed by atoms with Crippen LogP contribution in [0.1, 0.15) is 0 Å². The van der Waals surface area contributed by atoms with Gasteiger partial charge in [-0.05, 0) is 37.1 Å². The van der Waals surface area contributed by atoms with Gasteiger partial charge in [-0.1, -0.05) is 11.6 Å². The van der Waals surface area contributed by atoms with E-state index in [0.717, 1.165) is 13.1 Å². The summed E-state index contributed by atoms with van der Waals surface area (Å²) < 4.78 is 32.2. The van der Waals surface area contributed by atoms with E-state index in [9.17, 15) is 8.42 Å². The lowest BCUT2D eigenvalue weighted by Gasteiger charge is -2.19. The molecule has 0 aliphatic carbocycles. The third-order valence-electron chi connectivity index (χ3n) is 4.10. The highest BCUT2D eigenvalue weighted by Crippen LogP contribution is 2.34. The second kappa shape index (κ2) is 5.18. The van der Waals surface area contributed by atoms with Gasteiger partial charge in [-0.2, -0.15) is 4.31 Å². The van der Waals surface area contributed by atoms with Gasteiger partial charge in [0.25, 0.3) is 0 Å². The van der Waals surface area contributed by atoms with Gasteiger partial charge in [0.05, 0.1) is 7.11 Å². The van der Waals surface area contributed by atoms with E-state index >= 15 is 0 Å². The molecule has 7 heteroatoms. The van der Waals surface area contributed by atoms with Crippen LogP contribution in [0, 0.1) is 11.8 Å². The molecule has 3 rings (SSSR count). The van der Waals surface area contributed by atoms with Crippen LogP contribution in [0.4, 0.5) is 0 Å². The van der Waals surface area contributed by atoms with Gasteiger partial charge in [0.15, 0.2) is 0 Å². The highest BCUT2D eigenvalue weighted by atomic mass is 35.5. The maximum absolute atomic E-state index is 12.7. The van der Waals surface area contributed by atoms with Crippen LogP contribution < -0.4 is 10.1 Å². The van der Waals surface area contributed by atoms with E-state index in [2.05, 4.69) is 5.32 Å². The molecule has 2 saturated heterocycles. The Morgan fingerprint density at radius 3 is 2.55 bits per heavy atom. The van der Waals surface area contributed by atoms with Crippen molar-refractivity contribution in [1.29, 1.82) is 0 Å². The number of halogens is 1. The average molecular weight is 317 g/mol. The Kier molecular flexibility index (Phi) is 3.66. The van der Waals surface area contributed by atoms with Gasteiger partial charge in [0, 0.05) is 24.2 Å². The van der Waals surface area contributed by atoms with Crippen molar-refractivity contribution in [2.45, 2.75) is 4.90 Å². The number of nitrogens with zero attached hydrogens (tertiary/aromatic N) is 1. The lowest BCUT2D eigenvalue weighted by Crippen LogP contribution is -2.32. The third-order valence-corrected chi connectivity index (χ3v) is 6.21. The van der Waals surface area contributed by atoms with E-state index in [0.29, 0.717) is 35.7 Å². The summed E-state index contributed by atoms with van der Waals surface area (Å²) in [6, 6.07) is 4.63. The summed E-state index contributed by atoms with van der Waals surface area (Å²) in [5.41, 5.74) is 0. The zero-order valence-electron chi connectivity index (χ0n) is 11.2. The van der Waals surface area contributed by atoms with Gasteiger partial charge in [0.1, 0.15) is 10.6 Å². The maximum atomic E-state index is 12.7. The summed E-state index contributed by atoms with van der Waals surface area (Å²) in [5, 5.41) is 3.76. The first-order chi connectivity index (χ1) is 9.52. The summed E-state index contributed by atoms with van der Waals surface area (Å²) in [7, 11) is -2.07. The van der Waals surface area contributed by atoms with Crippen LogP contribution in [0.5, 0.6) is 5.75 Å². The minimum Gasteiger partial charge on any atom is -0.495 e. The normalized spacial score (nSPS) is 26.7. The second-order valence-electron chi connectivity index (χ2n) is 5.30.